The lowest BCUT2D eigenvalue weighted by molar-refractivity contribution is -0.121. The van der Waals surface area contributed by atoms with Crippen LogP contribution in [-0.2, 0) is 21.5 Å². The van der Waals surface area contributed by atoms with Crippen LogP contribution in [0.25, 0.3) is 0 Å². The van der Waals surface area contributed by atoms with Crippen LogP contribution >= 0.6 is 0 Å². The van der Waals surface area contributed by atoms with Crippen molar-refractivity contribution >= 4 is 17.5 Å². The molecule has 0 atom stereocenters. The third-order valence-electron chi connectivity index (χ3n) is 4.60. The molecule has 0 radical (unpaired) electrons. The SMILES string of the molecule is CC(=O)N(CCC(=O)NCc1ccc(C)cc1)c1ccc(C(C)(C)C)cc1. The fraction of sp³-hybridized carbons (Fsp3) is 0.391. The summed E-state index contributed by atoms with van der Waals surface area (Å²) < 4.78 is 0. The van der Waals surface area contributed by atoms with E-state index in [1.165, 1.54) is 18.1 Å². The van der Waals surface area contributed by atoms with E-state index in [0.29, 0.717) is 13.1 Å². The Kier molecular flexibility index (Phi) is 6.78. The highest BCUT2D eigenvalue weighted by molar-refractivity contribution is 5.92. The molecule has 144 valence electrons. The average Bonchev–Trinajstić information content (AvgIpc) is 2.61. The van der Waals surface area contributed by atoms with Gasteiger partial charge in [0.2, 0.25) is 11.8 Å². The van der Waals surface area contributed by atoms with Gasteiger partial charge >= 0.3 is 0 Å². The van der Waals surface area contributed by atoms with E-state index >= 15 is 0 Å². The highest BCUT2D eigenvalue weighted by Gasteiger charge is 2.16. The van der Waals surface area contributed by atoms with Crippen molar-refractivity contribution < 1.29 is 9.59 Å². The third-order valence-corrected chi connectivity index (χ3v) is 4.60. The van der Waals surface area contributed by atoms with Gasteiger partial charge in [0.05, 0.1) is 0 Å². The van der Waals surface area contributed by atoms with Gasteiger partial charge in [-0.2, -0.15) is 0 Å². The summed E-state index contributed by atoms with van der Waals surface area (Å²) in [5, 5.41) is 2.92. The van der Waals surface area contributed by atoms with Gasteiger partial charge in [0.25, 0.3) is 0 Å². The monoisotopic (exact) mass is 366 g/mol. The molecule has 2 rings (SSSR count). The normalized spacial score (nSPS) is 11.1. The number of carbonyl (C=O) groups excluding carboxylic acids is 2. The molecule has 0 saturated carbocycles. The van der Waals surface area contributed by atoms with E-state index in [9.17, 15) is 9.59 Å². The molecule has 4 heteroatoms. The van der Waals surface area contributed by atoms with E-state index in [4.69, 9.17) is 0 Å². The van der Waals surface area contributed by atoms with Gasteiger partial charge < -0.3 is 10.2 Å². The van der Waals surface area contributed by atoms with Crippen molar-refractivity contribution in [2.75, 3.05) is 11.4 Å². The smallest absolute Gasteiger partial charge is 0.223 e. The average molecular weight is 367 g/mol. The number of amides is 2. The zero-order valence-corrected chi connectivity index (χ0v) is 17.0. The van der Waals surface area contributed by atoms with Gasteiger partial charge in [-0.15, -0.1) is 0 Å². The van der Waals surface area contributed by atoms with E-state index in [2.05, 4.69) is 26.1 Å². The van der Waals surface area contributed by atoms with Gasteiger partial charge in [-0.1, -0.05) is 62.7 Å². The summed E-state index contributed by atoms with van der Waals surface area (Å²) in [6.45, 7) is 10.9. The summed E-state index contributed by atoms with van der Waals surface area (Å²) in [6.07, 6.45) is 0.270. The molecule has 0 bridgehead atoms. The zero-order valence-electron chi connectivity index (χ0n) is 17.0. The first-order chi connectivity index (χ1) is 12.7. The van der Waals surface area contributed by atoms with Crippen LogP contribution in [0.5, 0.6) is 0 Å². The van der Waals surface area contributed by atoms with Crippen LogP contribution in [0.15, 0.2) is 48.5 Å². The fourth-order valence-corrected chi connectivity index (χ4v) is 2.82. The summed E-state index contributed by atoms with van der Waals surface area (Å²) in [5.74, 6) is -0.127. The van der Waals surface area contributed by atoms with Crippen molar-refractivity contribution in [3.8, 4) is 0 Å². The first kappa shape index (κ1) is 20.7. The lowest BCUT2D eigenvalue weighted by Gasteiger charge is -2.23. The number of nitrogens with one attached hydrogen (secondary N) is 1. The molecule has 0 heterocycles. The second-order valence-electron chi connectivity index (χ2n) is 7.98. The van der Waals surface area contributed by atoms with Gasteiger partial charge in [0.15, 0.2) is 0 Å². The van der Waals surface area contributed by atoms with Crippen molar-refractivity contribution in [1.82, 2.24) is 5.32 Å². The Morgan fingerprint density at radius 2 is 1.56 bits per heavy atom. The molecule has 0 aromatic heterocycles. The Balaban J connectivity index is 1.93. The predicted molar refractivity (Wildman–Crippen MR) is 111 cm³/mol. The Morgan fingerprint density at radius 3 is 2.07 bits per heavy atom. The molecule has 1 N–H and O–H groups in total. The van der Waals surface area contributed by atoms with E-state index < -0.39 is 0 Å². The minimum absolute atomic E-state index is 0.0619. The highest BCUT2D eigenvalue weighted by atomic mass is 16.2. The lowest BCUT2D eigenvalue weighted by atomic mass is 9.87. The molecular formula is C23H30N2O2. The first-order valence-corrected chi connectivity index (χ1v) is 9.38. The van der Waals surface area contributed by atoms with Crippen LogP contribution in [0.2, 0.25) is 0 Å². The van der Waals surface area contributed by atoms with Crippen molar-refractivity contribution in [3.05, 3.63) is 65.2 Å². The van der Waals surface area contributed by atoms with E-state index in [1.54, 1.807) is 4.90 Å². The number of hydrogen-bond donors (Lipinski definition) is 1. The number of anilines is 1. The Hall–Kier alpha value is -2.62. The molecule has 0 fully saturated rings. The molecular weight excluding hydrogens is 336 g/mol. The van der Waals surface area contributed by atoms with Crippen molar-refractivity contribution in [3.63, 3.8) is 0 Å². The van der Waals surface area contributed by atoms with Crippen molar-refractivity contribution in [1.29, 1.82) is 0 Å². The second-order valence-corrected chi connectivity index (χ2v) is 7.98. The molecule has 0 unspecified atom stereocenters. The van der Waals surface area contributed by atoms with Crippen LogP contribution in [0.4, 0.5) is 5.69 Å². The maximum Gasteiger partial charge on any atom is 0.223 e. The van der Waals surface area contributed by atoms with E-state index in [-0.39, 0.29) is 23.7 Å². The molecule has 0 aliphatic carbocycles. The molecule has 4 nitrogen and oxygen atoms in total. The van der Waals surface area contributed by atoms with Crippen molar-refractivity contribution in [2.45, 2.75) is 53.0 Å². The molecule has 0 aliphatic heterocycles. The maximum atomic E-state index is 12.2. The summed E-state index contributed by atoms with van der Waals surface area (Å²) >= 11 is 0. The molecule has 2 aromatic rings. The minimum Gasteiger partial charge on any atom is -0.352 e. The van der Waals surface area contributed by atoms with Gasteiger partial charge in [0, 0.05) is 32.1 Å². The number of nitrogens with zero attached hydrogens (tertiary/aromatic N) is 1. The summed E-state index contributed by atoms with van der Waals surface area (Å²) in [6, 6.07) is 16.1. The largest absolute Gasteiger partial charge is 0.352 e. The summed E-state index contributed by atoms with van der Waals surface area (Å²) in [7, 11) is 0. The van der Waals surface area contributed by atoms with Crippen molar-refractivity contribution in [2.24, 2.45) is 0 Å². The number of hydrogen-bond acceptors (Lipinski definition) is 2. The van der Waals surface area contributed by atoms with Crippen LogP contribution in [-0.4, -0.2) is 18.4 Å². The predicted octanol–water partition coefficient (Wildman–Crippen LogP) is 4.35. The number of carbonyl (C=O) groups is 2. The van der Waals surface area contributed by atoms with Crippen LogP contribution in [0.3, 0.4) is 0 Å². The molecule has 2 aromatic carbocycles. The Bertz CT molecular complexity index is 772. The van der Waals surface area contributed by atoms with Crippen LogP contribution in [0, 0.1) is 6.92 Å². The van der Waals surface area contributed by atoms with Gasteiger partial charge in [0.1, 0.15) is 0 Å². The Labute approximate surface area is 162 Å². The minimum atomic E-state index is -0.0650. The number of aryl methyl sites for hydroxylation is 1. The maximum absolute atomic E-state index is 12.2. The van der Waals surface area contributed by atoms with Gasteiger partial charge in [-0.3, -0.25) is 9.59 Å². The molecule has 0 saturated heterocycles. The van der Waals surface area contributed by atoms with E-state index in [1.807, 2.05) is 55.5 Å². The lowest BCUT2D eigenvalue weighted by Crippen LogP contribution is -2.33. The molecule has 0 spiro atoms. The second kappa shape index (κ2) is 8.85. The number of benzene rings is 2. The van der Waals surface area contributed by atoms with Gasteiger partial charge in [-0.05, 0) is 35.6 Å². The molecule has 0 aliphatic rings. The summed E-state index contributed by atoms with van der Waals surface area (Å²) in [4.78, 5) is 25.9. The molecule has 27 heavy (non-hydrogen) atoms. The number of rotatable bonds is 6. The Morgan fingerprint density at radius 1 is 0.963 bits per heavy atom. The standard InChI is InChI=1S/C23H30N2O2/c1-17-6-8-19(9-7-17)16-24-22(27)14-15-25(18(2)26)21-12-10-20(11-13-21)23(3,4)5/h6-13H,14-16H2,1-5H3,(H,24,27). The molecule has 2 amide bonds. The van der Waals surface area contributed by atoms with Crippen LogP contribution in [0.1, 0.15) is 50.8 Å². The topological polar surface area (TPSA) is 49.4 Å². The highest BCUT2D eigenvalue weighted by Crippen LogP contribution is 2.25. The zero-order chi connectivity index (χ0) is 20.0. The first-order valence-electron chi connectivity index (χ1n) is 9.38. The third kappa shape index (κ3) is 6.24. The van der Waals surface area contributed by atoms with Gasteiger partial charge in [-0.25, -0.2) is 0 Å². The van der Waals surface area contributed by atoms with Crippen LogP contribution < -0.4 is 10.2 Å². The fourth-order valence-electron chi connectivity index (χ4n) is 2.82. The van der Waals surface area contributed by atoms with E-state index in [0.717, 1.165) is 11.3 Å². The quantitative estimate of drug-likeness (QED) is 0.826. The summed E-state index contributed by atoms with van der Waals surface area (Å²) in [5.41, 5.74) is 4.36.